The smallest absolute Gasteiger partial charge is 0.358 e. The number of sulfonamides is 1. The van der Waals surface area contributed by atoms with Crippen LogP contribution >= 0.6 is 0 Å². The van der Waals surface area contributed by atoms with Crippen molar-refractivity contribution < 1.29 is 18.3 Å². The van der Waals surface area contributed by atoms with E-state index in [4.69, 9.17) is 10.8 Å². The molecule has 2 heterocycles. The van der Waals surface area contributed by atoms with Gasteiger partial charge in [0.05, 0.1) is 16.8 Å². The van der Waals surface area contributed by atoms with Crippen molar-refractivity contribution in [3.63, 3.8) is 0 Å². The molecule has 0 unspecified atom stereocenters. The molecule has 0 spiro atoms. The van der Waals surface area contributed by atoms with Crippen LogP contribution < -0.4 is 5.73 Å². The molecule has 1 aromatic heterocycles. The maximum Gasteiger partial charge on any atom is 0.358 e. The Balaban J connectivity index is 1.93. The number of nitrogen functional groups attached to an aromatic ring is 1. The van der Waals surface area contributed by atoms with Crippen LogP contribution in [0.25, 0.3) is 11.3 Å². The van der Waals surface area contributed by atoms with Crippen molar-refractivity contribution in [1.82, 2.24) is 14.3 Å². The molecule has 1 aliphatic rings. The molecule has 0 amide bonds. The Bertz CT molecular complexity index is 875. The van der Waals surface area contributed by atoms with Crippen LogP contribution in [-0.2, 0) is 10.0 Å². The Labute approximate surface area is 139 Å². The molecule has 8 nitrogen and oxygen atoms in total. The third kappa shape index (κ3) is 2.95. The Hall–Kier alpha value is -2.52. The second-order valence-electron chi connectivity index (χ2n) is 5.43. The molecule has 3 rings (SSSR count). The van der Waals surface area contributed by atoms with Gasteiger partial charge in [0.15, 0.2) is 11.5 Å². The lowest BCUT2D eigenvalue weighted by atomic mass is 10.1. The number of carboxylic acids is 1. The molecule has 0 bridgehead atoms. The summed E-state index contributed by atoms with van der Waals surface area (Å²) >= 11 is 0. The molecular weight excluding hydrogens is 332 g/mol. The molecule has 0 atom stereocenters. The summed E-state index contributed by atoms with van der Waals surface area (Å²) < 4.78 is 26.4. The van der Waals surface area contributed by atoms with Crippen molar-refractivity contribution >= 4 is 21.8 Å². The molecule has 1 saturated heterocycles. The van der Waals surface area contributed by atoms with Crippen LogP contribution in [0.15, 0.2) is 35.4 Å². The van der Waals surface area contributed by atoms with Gasteiger partial charge >= 0.3 is 5.97 Å². The van der Waals surface area contributed by atoms with Crippen LogP contribution in [-0.4, -0.2) is 46.9 Å². The lowest BCUT2D eigenvalue weighted by molar-refractivity contribution is 0.0691. The minimum absolute atomic E-state index is 0.167. The van der Waals surface area contributed by atoms with Crippen LogP contribution in [0, 0.1) is 0 Å². The fourth-order valence-corrected chi connectivity index (χ4v) is 4.09. The Morgan fingerprint density at radius 1 is 1.17 bits per heavy atom. The highest BCUT2D eigenvalue weighted by Crippen LogP contribution is 2.24. The van der Waals surface area contributed by atoms with Crippen molar-refractivity contribution in [1.29, 1.82) is 0 Å². The van der Waals surface area contributed by atoms with E-state index >= 15 is 0 Å². The molecule has 1 fully saturated rings. The van der Waals surface area contributed by atoms with E-state index in [0.29, 0.717) is 24.3 Å². The summed E-state index contributed by atoms with van der Waals surface area (Å²) in [6.07, 6.45) is 3.10. The molecule has 1 aliphatic heterocycles. The zero-order chi connectivity index (χ0) is 17.3. The molecule has 9 heteroatoms. The van der Waals surface area contributed by atoms with Crippen LogP contribution in [0.3, 0.4) is 0 Å². The topological polar surface area (TPSA) is 126 Å². The monoisotopic (exact) mass is 348 g/mol. The van der Waals surface area contributed by atoms with E-state index in [2.05, 4.69) is 9.97 Å². The quantitative estimate of drug-likeness (QED) is 0.850. The molecular formula is C15H16N4O4S. The van der Waals surface area contributed by atoms with Crippen LogP contribution in [0.1, 0.15) is 23.3 Å². The van der Waals surface area contributed by atoms with Gasteiger partial charge in [-0.05, 0) is 25.0 Å². The normalized spacial score (nSPS) is 15.5. The number of rotatable bonds is 4. The van der Waals surface area contributed by atoms with Crippen molar-refractivity contribution in [2.24, 2.45) is 0 Å². The summed E-state index contributed by atoms with van der Waals surface area (Å²) in [5, 5.41) is 9.04. The maximum absolute atomic E-state index is 12.5. The summed E-state index contributed by atoms with van der Waals surface area (Å²) in [5.74, 6) is -1.44. The molecule has 2 aromatic rings. The first-order chi connectivity index (χ1) is 11.4. The zero-order valence-electron chi connectivity index (χ0n) is 12.7. The summed E-state index contributed by atoms with van der Waals surface area (Å²) in [6.45, 7) is 1.07. The highest BCUT2D eigenvalue weighted by Gasteiger charge is 2.27. The van der Waals surface area contributed by atoms with Crippen molar-refractivity contribution in [2.45, 2.75) is 17.7 Å². The molecule has 0 aliphatic carbocycles. The van der Waals surface area contributed by atoms with Crippen molar-refractivity contribution in [3.05, 3.63) is 36.2 Å². The van der Waals surface area contributed by atoms with Gasteiger partial charge < -0.3 is 10.8 Å². The third-order valence-corrected chi connectivity index (χ3v) is 5.77. The fourth-order valence-electron chi connectivity index (χ4n) is 2.57. The lowest BCUT2D eigenvalue weighted by Crippen LogP contribution is -2.27. The number of carboxylic acid groups (broad SMARTS) is 1. The van der Waals surface area contributed by atoms with Gasteiger partial charge in [0.2, 0.25) is 10.0 Å². The number of benzene rings is 1. The van der Waals surface area contributed by atoms with Gasteiger partial charge in [-0.3, -0.25) is 0 Å². The van der Waals surface area contributed by atoms with E-state index in [-0.39, 0.29) is 16.4 Å². The van der Waals surface area contributed by atoms with Crippen LogP contribution in [0.2, 0.25) is 0 Å². The van der Waals surface area contributed by atoms with E-state index in [0.717, 1.165) is 12.8 Å². The van der Waals surface area contributed by atoms with E-state index in [1.165, 1.54) is 22.6 Å². The molecule has 3 N–H and O–H groups in total. The average Bonchev–Trinajstić information content (AvgIpc) is 3.10. The van der Waals surface area contributed by atoms with Gasteiger partial charge in [-0.25, -0.2) is 23.2 Å². The molecule has 0 saturated carbocycles. The number of aromatic nitrogens is 2. The summed E-state index contributed by atoms with van der Waals surface area (Å²) in [7, 11) is -3.48. The number of hydrogen-bond acceptors (Lipinski definition) is 6. The van der Waals surface area contributed by atoms with E-state index < -0.39 is 16.0 Å². The van der Waals surface area contributed by atoms with E-state index in [1.807, 2.05) is 0 Å². The molecule has 24 heavy (non-hydrogen) atoms. The molecule has 126 valence electrons. The van der Waals surface area contributed by atoms with Crippen LogP contribution in [0.4, 0.5) is 5.82 Å². The predicted octanol–water partition coefficient (Wildman–Crippen LogP) is 1.21. The van der Waals surface area contributed by atoms with Crippen molar-refractivity contribution in [2.75, 3.05) is 18.8 Å². The Morgan fingerprint density at radius 2 is 1.79 bits per heavy atom. The third-order valence-electron chi connectivity index (χ3n) is 3.86. The highest BCUT2D eigenvalue weighted by atomic mass is 32.2. The summed E-state index contributed by atoms with van der Waals surface area (Å²) in [4.78, 5) is 19.1. The number of nitrogens with two attached hydrogens (primary N) is 1. The highest BCUT2D eigenvalue weighted by molar-refractivity contribution is 7.89. The summed E-state index contributed by atoms with van der Waals surface area (Å²) in [5.41, 5.74) is 6.02. The van der Waals surface area contributed by atoms with Gasteiger partial charge in [0.25, 0.3) is 0 Å². The van der Waals surface area contributed by atoms with E-state index in [9.17, 15) is 13.2 Å². The first-order valence-corrected chi connectivity index (χ1v) is 8.80. The standard InChI is InChI=1S/C15H16N4O4S/c16-14-13(15(20)21)18-12(9-17-14)10-3-5-11(6-4-10)24(22,23)19-7-1-2-8-19/h3-6,9H,1-2,7-8H2,(H2,16,17)(H,20,21). The molecule has 1 aromatic carbocycles. The predicted molar refractivity (Wildman–Crippen MR) is 86.8 cm³/mol. The number of carbonyl (C=O) groups is 1. The zero-order valence-corrected chi connectivity index (χ0v) is 13.5. The van der Waals surface area contributed by atoms with Gasteiger partial charge in [-0.1, -0.05) is 12.1 Å². The van der Waals surface area contributed by atoms with Crippen molar-refractivity contribution in [3.8, 4) is 11.3 Å². The first kappa shape index (κ1) is 16.3. The number of anilines is 1. The largest absolute Gasteiger partial charge is 0.476 e. The first-order valence-electron chi connectivity index (χ1n) is 7.36. The molecule has 0 radical (unpaired) electrons. The maximum atomic E-state index is 12.5. The second kappa shape index (κ2) is 6.17. The number of aromatic carboxylic acids is 1. The number of hydrogen-bond donors (Lipinski definition) is 2. The minimum Gasteiger partial charge on any atom is -0.476 e. The van der Waals surface area contributed by atoms with Gasteiger partial charge in [-0.2, -0.15) is 4.31 Å². The van der Waals surface area contributed by atoms with E-state index in [1.54, 1.807) is 12.1 Å². The second-order valence-corrected chi connectivity index (χ2v) is 7.37. The number of nitrogens with zero attached hydrogens (tertiary/aromatic N) is 3. The average molecular weight is 348 g/mol. The fraction of sp³-hybridized carbons (Fsp3) is 0.267. The SMILES string of the molecule is Nc1ncc(-c2ccc(S(=O)(=O)N3CCCC3)cc2)nc1C(=O)O. The van der Waals surface area contributed by atoms with Gasteiger partial charge in [-0.15, -0.1) is 0 Å². The van der Waals surface area contributed by atoms with Gasteiger partial charge in [0.1, 0.15) is 0 Å². The Morgan fingerprint density at radius 3 is 2.38 bits per heavy atom. The lowest BCUT2D eigenvalue weighted by Gasteiger charge is -2.15. The van der Waals surface area contributed by atoms with Crippen LogP contribution in [0.5, 0.6) is 0 Å². The summed E-state index contributed by atoms with van der Waals surface area (Å²) in [6, 6.07) is 6.13. The minimum atomic E-state index is -3.48. The Kier molecular flexibility index (Phi) is 4.20. The van der Waals surface area contributed by atoms with Gasteiger partial charge in [0, 0.05) is 18.7 Å².